The fourth-order valence-corrected chi connectivity index (χ4v) is 3.92. The van der Waals surface area contributed by atoms with E-state index in [1.165, 1.54) is 25.7 Å². The van der Waals surface area contributed by atoms with Gasteiger partial charge in [-0.1, -0.05) is 25.7 Å². The summed E-state index contributed by atoms with van der Waals surface area (Å²) in [5, 5.41) is 12.8. The predicted octanol–water partition coefficient (Wildman–Crippen LogP) is 4.64. The molecule has 2 heterocycles. The summed E-state index contributed by atoms with van der Waals surface area (Å²) < 4.78 is 2.29. The van der Waals surface area contributed by atoms with Crippen molar-refractivity contribution < 1.29 is 9.90 Å². The number of pyridine rings is 1. The highest BCUT2D eigenvalue weighted by atomic mass is 16.4. The van der Waals surface area contributed by atoms with Crippen LogP contribution < -0.4 is 5.32 Å². The third kappa shape index (κ3) is 3.79. The number of aromatic carboxylic acids is 1. The van der Waals surface area contributed by atoms with E-state index in [-0.39, 0.29) is 5.56 Å². The number of nitrogens with zero attached hydrogens (tertiary/aromatic N) is 3. The van der Waals surface area contributed by atoms with Crippen LogP contribution in [0, 0.1) is 0 Å². The van der Waals surface area contributed by atoms with Crippen molar-refractivity contribution in [2.45, 2.75) is 51.1 Å². The van der Waals surface area contributed by atoms with Crippen LogP contribution in [-0.4, -0.2) is 25.6 Å². The van der Waals surface area contributed by atoms with Crippen LogP contribution in [0.25, 0.3) is 11.0 Å². The lowest BCUT2D eigenvalue weighted by atomic mass is 10.1. The van der Waals surface area contributed by atoms with Gasteiger partial charge in [-0.2, -0.15) is 0 Å². The number of benzene rings is 1. The van der Waals surface area contributed by atoms with Crippen LogP contribution >= 0.6 is 0 Å². The average Bonchev–Trinajstić information content (AvgIpc) is 2.85. The first-order valence-corrected chi connectivity index (χ1v) is 9.60. The number of rotatable bonds is 5. The molecule has 1 aliphatic carbocycles. The molecule has 0 atom stereocenters. The zero-order valence-electron chi connectivity index (χ0n) is 15.3. The summed E-state index contributed by atoms with van der Waals surface area (Å²) in [6, 6.07) is 9.60. The van der Waals surface area contributed by atoms with Crippen LogP contribution in [0.15, 0.2) is 42.7 Å². The molecule has 1 saturated carbocycles. The molecule has 1 fully saturated rings. The van der Waals surface area contributed by atoms with Crippen molar-refractivity contribution in [3.63, 3.8) is 0 Å². The molecule has 0 amide bonds. The van der Waals surface area contributed by atoms with Crippen molar-refractivity contribution in [1.29, 1.82) is 0 Å². The summed E-state index contributed by atoms with van der Waals surface area (Å²) in [6.07, 6.45) is 10.8. The van der Waals surface area contributed by atoms with E-state index in [1.54, 1.807) is 24.5 Å². The first-order chi connectivity index (χ1) is 13.2. The van der Waals surface area contributed by atoms with Gasteiger partial charge in [-0.05, 0) is 48.7 Å². The van der Waals surface area contributed by atoms with Crippen LogP contribution in [0.2, 0.25) is 0 Å². The third-order valence-corrected chi connectivity index (χ3v) is 5.33. The van der Waals surface area contributed by atoms with Gasteiger partial charge >= 0.3 is 5.97 Å². The summed E-state index contributed by atoms with van der Waals surface area (Å²) in [5.74, 6) is -0.108. The molecule has 0 saturated heterocycles. The minimum Gasteiger partial charge on any atom is -0.478 e. The molecule has 0 unspecified atom stereocenters. The maximum absolute atomic E-state index is 11.3. The number of nitrogens with one attached hydrogen (secondary N) is 1. The lowest BCUT2D eigenvalue weighted by Crippen LogP contribution is -2.13. The molecular formula is C21H24N4O2. The van der Waals surface area contributed by atoms with Crippen LogP contribution in [0.4, 0.5) is 5.95 Å². The summed E-state index contributed by atoms with van der Waals surface area (Å²) in [7, 11) is 0. The molecule has 3 aromatic rings. The first kappa shape index (κ1) is 17.5. The van der Waals surface area contributed by atoms with E-state index in [0.717, 1.165) is 35.4 Å². The van der Waals surface area contributed by atoms with Gasteiger partial charge in [0.1, 0.15) is 0 Å². The van der Waals surface area contributed by atoms with Gasteiger partial charge in [0, 0.05) is 25.0 Å². The quantitative estimate of drug-likeness (QED) is 0.645. The Labute approximate surface area is 158 Å². The number of fused-ring (bicyclic) bond motifs is 1. The Kier molecular flexibility index (Phi) is 5.05. The van der Waals surface area contributed by atoms with Crippen LogP contribution in [0.3, 0.4) is 0 Å². The van der Waals surface area contributed by atoms with E-state index in [4.69, 9.17) is 4.98 Å². The second-order valence-corrected chi connectivity index (χ2v) is 7.17. The summed E-state index contributed by atoms with van der Waals surface area (Å²) in [5.41, 5.74) is 3.14. The number of anilines is 1. The van der Waals surface area contributed by atoms with Gasteiger partial charge < -0.3 is 15.0 Å². The molecular weight excluding hydrogens is 340 g/mol. The minimum absolute atomic E-state index is 0.272. The summed E-state index contributed by atoms with van der Waals surface area (Å²) >= 11 is 0. The van der Waals surface area contributed by atoms with E-state index in [9.17, 15) is 9.90 Å². The molecule has 140 valence electrons. The Balaban J connectivity index is 1.72. The molecule has 6 heteroatoms. The largest absolute Gasteiger partial charge is 0.478 e. The molecule has 0 radical (unpaired) electrons. The van der Waals surface area contributed by atoms with Gasteiger partial charge in [0.25, 0.3) is 0 Å². The van der Waals surface area contributed by atoms with E-state index >= 15 is 0 Å². The topological polar surface area (TPSA) is 80.0 Å². The predicted molar refractivity (Wildman–Crippen MR) is 105 cm³/mol. The number of carbonyl (C=O) groups is 1. The van der Waals surface area contributed by atoms with Crippen molar-refractivity contribution in [2.24, 2.45) is 0 Å². The van der Waals surface area contributed by atoms with Crippen molar-refractivity contribution in [2.75, 3.05) is 5.32 Å². The Morgan fingerprint density at radius 2 is 1.85 bits per heavy atom. The van der Waals surface area contributed by atoms with E-state index in [1.807, 2.05) is 18.2 Å². The zero-order chi connectivity index (χ0) is 18.6. The molecule has 0 bridgehead atoms. The van der Waals surface area contributed by atoms with Crippen molar-refractivity contribution in [1.82, 2.24) is 14.5 Å². The van der Waals surface area contributed by atoms with Crippen LogP contribution in [0.1, 0.15) is 60.5 Å². The first-order valence-electron chi connectivity index (χ1n) is 9.60. The molecule has 1 aliphatic rings. The highest BCUT2D eigenvalue weighted by molar-refractivity contribution is 5.93. The third-order valence-electron chi connectivity index (χ3n) is 5.33. The SMILES string of the molecule is O=C(O)c1ccc2c(c1)nc(NCc1ccncc1)n2C1CCCCCC1. The second kappa shape index (κ2) is 7.78. The van der Waals surface area contributed by atoms with Crippen molar-refractivity contribution in [3.8, 4) is 0 Å². The fraction of sp³-hybridized carbons (Fsp3) is 0.381. The Hall–Kier alpha value is -2.89. The summed E-state index contributed by atoms with van der Waals surface area (Å²) in [4.78, 5) is 20.1. The summed E-state index contributed by atoms with van der Waals surface area (Å²) in [6.45, 7) is 0.657. The lowest BCUT2D eigenvalue weighted by Gasteiger charge is -2.20. The Morgan fingerprint density at radius 1 is 1.11 bits per heavy atom. The van der Waals surface area contributed by atoms with Gasteiger partial charge in [0.2, 0.25) is 5.95 Å². The normalized spacial score (nSPS) is 15.6. The lowest BCUT2D eigenvalue weighted by molar-refractivity contribution is 0.0697. The van der Waals surface area contributed by atoms with Crippen molar-refractivity contribution >= 4 is 23.0 Å². The molecule has 1 aromatic carbocycles. The molecule has 2 aromatic heterocycles. The van der Waals surface area contributed by atoms with Gasteiger partial charge in [0.05, 0.1) is 16.6 Å². The average molecular weight is 364 g/mol. The van der Waals surface area contributed by atoms with Gasteiger partial charge in [0.15, 0.2) is 0 Å². The Morgan fingerprint density at radius 3 is 2.56 bits per heavy atom. The maximum atomic E-state index is 11.3. The van der Waals surface area contributed by atoms with Crippen LogP contribution in [0.5, 0.6) is 0 Å². The van der Waals surface area contributed by atoms with Crippen molar-refractivity contribution in [3.05, 3.63) is 53.9 Å². The Bertz CT molecular complexity index is 928. The molecule has 4 rings (SSSR count). The molecule has 0 spiro atoms. The second-order valence-electron chi connectivity index (χ2n) is 7.17. The molecule has 27 heavy (non-hydrogen) atoms. The molecule has 2 N–H and O–H groups in total. The van der Waals surface area contributed by atoms with Gasteiger partial charge in [-0.25, -0.2) is 9.78 Å². The van der Waals surface area contributed by atoms with E-state index in [0.29, 0.717) is 12.6 Å². The molecule has 6 nitrogen and oxygen atoms in total. The number of hydrogen-bond acceptors (Lipinski definition) is 4. The molecule has 0 aliphatic heterocycles. The highest BCUT2D eigenvalue weighted by Crippen LogP contribution is 2.34. The van der Waals surface area contributed by atoms with Gasteiger partial charge in [-0.15, -0.1) is 0 Å². The smallest absolute Gasteiger partial charge is 0.335 e. The van der Waals surface area contributed by atoms with E-state index < -0.39 is 5.97 Å². The number of imidazole rings is 1. The monoisotopic (exact) mass is 364 g/mol. The minimum atomic E-state index is -0.924. The number of hydrogen-bond donors (Lipinski definition) is 2. The number of carboxylic acid groups (broad SMARTS) is 1. The van der Waals surface area contributed by atoms with E-state index in [2.05, 4.69) is 14.9 Å². The highest BCUT2D eigenvalue weighted by Gasteiger charge is 2.21. The zero-order valence-corrected chi connectivity index (χ0v) is 15.3. The van der Waals surface area contributed by atoms with Gasteiger partial charge in [-0.3, -0.25) is 4.98 Å². The van der Waals surface area contributed by atoms with Crippen LogP contribution in [-0.2, 0) is 6.54 Å². The number of carboxylic acids is 1. The maximum Gasteiger partial charge on any atom is 0.335 e. The number of aromatic nitrogens is 3. The fourth-order valence-electron chi connectivity index (χ4n) is 3.92. The standard InChI is InChI=1S/C21H24N4O2/c26-20(27)16-7-8-19-18(13-16)24-21(23-14-15-9-11-22-12-10-15)25(19)17-5-3-1-2-4-6-17/h7-13,17H,1-6,14H2,(H,23,24)(H,26,27).